The second-order valence-corrected chi connectivity index (χ2v) is 4.54. The first kappa shape index (κ1) is 19.2. The lowest BCUT2D eigenvalue weighted by atomic mass is 10.2. The molecule has 11 heteroatoms. The highest BCUT2D eigenvalue weighted by atomic mass is 16.6. The van der Waals surface area contributed by atoms with Crippen LogP contribution in [0.15, 0.2) is 37.0 Å². The van der Waals surface area contributed by atoms with Crippen molar-refractivity contribution in [2.75, 3.05) is 0 Å². The van der Waals surface area contributed by atoms with Gasteiger partial charge in [0.05, 0.1) is 26.9 Å². The van der Waals surface area contributed by atoms with E-state index in [0.29, 0.717) is 12.1 Å². The molecule has 0 aliphatic rings. The zero-order chi connectivity index (χ0) is 19.1. The normalized spacial score (nSPS) is 9.48. The summed E-state index contributed by atoms with van der Waals surface area (Å²) in [6.07, 6.45) is 3.59. The lowest BCUT2D eigenvalue weighted by molar-refractivity contribution is -0.404. The first-order valence-electron chi connectivity index (χ1n) is 6.52. The van der Waals surface area contributed by atoms with Crippen LogP contribution in [0.3, 0.4) is 0 Å². The van der Waals surface area contributed by atoms with Crippen LogP contribution in [0.25, 0.3) is 6.08 Å². The van der Waals surface area contributed by atoms with Crippen molar-refractivity contribution in [3.8, 4) is 5.75 Å². The maximum absolute atomic E-state index is 10.4. The van der Waals surface area contributed by atoms with E-state index in [-0.39, 0.29) is 0 Å². The maximum Gasteiger partial charge on any atom is 0.324 e. The third-order valence-electron chi connectivity index (χ3n) is 2.83. The molecule has 1 aromatic carbocycles. The summed E-state index contributed by atoms with van der Waals surface area (Å²) in [4.78, 5) is 31.8. The molecule has 25 heavy (non-hydrogen) atoms. The number of phenolic OH excluding ortho intramolecular Hbond substituents is 1. The summed E-state index contributed by atoms with van der Waals surface area (Å²) in [6, 6.07) is 4.86. The minimum Gasteiger partial charge on any atom is -0.497 e. The van der Waals surface area contributed by atoms with E-state index in [9.17, 15) is 30.3 Å². The average Bonchev–Trinajstić information content (AvgIpc) is 2.55. The molecular formula is C14H12N4O7. The molecule has 0 fully saturated rings. The monoisotopic (exact) mass is 348 g/mol. The third kappa shape index (κ3) is 5.06. The Hall–Kier alpha value is -3.89. The lowest BCUT2D eigenvalue weighted by Gasteiger charge is -1.97. The number of pyridine rings is 1. The van der Waals surface area contributed by atoms with Gasteiger partial charge in [0.15, 0.2) is 0 Å². The highest BCUT2D eigenvalue weighted by Gasteiger charge is 2.30. The molecule has 1 heterocycles. The summed E-state index contributed by atoms with van der Waals surface area (Å²) in [7, 11) is 0. The molecule has 130 valence electrons. The molecule has 0 aliphatic carbocycles. The zero-order valence-electron chi connectivity index (χ0n) is 12.9. The molecular weight excluding hydrogens is 336 g/mol. The average molecular weight is 348 g/mol. The summed E-state index contributed by atoms with van der Waals surface area (Å²) < 4.78 is 0. The molecule has 0 atom stereocenters. The van der Waals surface area contributed by atoms with E-state index >= 15 is 0 Å². The smallest absolute Gasteiger partial charge is 0.324 e. The number of aryl methyl sites for hydroxylation is 1. The molecule has 0 saturated carbocycles. The van der Waals surface area contributed by atoms with Crippen molar-refractivity contribution in [1.82, 2.24) is 4.98 Å². The van der Waals surface area contributed by atoms with Gasteiger partial charge in [-0.05, 0) is 18.6 Å². The number of nitro benzene ring substituents is 3. The number of rotatable bonds is 4. The fourth-order valence-electron chi connectivity index (χ4n) is 1.57. The Balaban J connectivity index is 0.000000293. The minimum atomic E-state index is -1.21. The Kier molecular flexibility index (Phi) is 6.21. The van der Waals surface area contributed by atoms with E-state index in [1.165, 1.54) is 0 Å². The molecule has 1 N–H and O–H groups in total. The maximum atomic E-state index is 10.4. The molecule has 11 nitrogen and oxygen atoms in total. The van der Waals surface area contributed by atoms with Gasteiger partial charge in [0.2, 0.25) is 0 Å². The van der Waals surface area contributed by atoms with Crippen LogP contribution in [-0.2, 0) is 0 Å². The van der Waals surface area contributed by atoms with Gasteiger partial charge in [-0.25, -0.2) is 0 Å². The summed E-state index contributed by atoms with van der Waals surface area (Å²) in [5.74, 6) is -1.21. The van der Waals surface area contributed by atoms with E-state index in [2.05, 4.69) is 11.6 Å². The molecule has 1 aromatic heterocycles. The Morgan fingerprint density at radius 3 is 1.88 bits per heavy atom. The molecule has 0 amide bonds. The fourth-order valence-corrected chi connectivity index (χ4v) is 1.57. The van der Waals surface area contributed by atoms with Crippen molar-refractivity contribution in [2.45, 2.75) is 6.92 Å². The second kappa shape index (κ2) is 8.10. The highest BCUT2D eigenvalue weighted by Crippen LogP contribution is 2.38. The van der Waals surface area contributed by atoms with Crippen LogP contribution >= 0.6 is 0 Å². The van der Waals surface area contributed by atoms with Crippen LogP contribution in [0.5, 0.6) is 5.75 Å². The number of nitrogens with zero attached hydrogens (tertiary/aromatic N) is 4. The Morgan fingerprint density at radius 1 is 1.04 bits per heavy atom. The number of aromatic hydroxyl groups is 1. The van der Waals surface area contributed by atoms with Crippen LogP contribution < -0.4 is 0 Å². The van der Waals surface area contributed by atoms with Crippen LogP contribution in [0, 0.1) is 37.3 Å². The molecule has 0 bridgehead atoms. The second-order valence-electron chi connectivity index (χ2n) is 4.54. The van der Waals surface area contributed by atoms with Gasteiger partial charge in [-0.1, -0.05) is 18.7 Å². The third-order valence-corrected chi connectivity index (χ3v) is 2.83. The summed E-state index contributed by atoms with van der Waals surface area (Å²) in [5, 5.41) is 40.2. The van der Waals surface area contributed by atoms with Gasteiger partial charge in [0.25, 0.3) is 11.4 Å². The first-order valence-corrected chi connectivity index (χ1v) is 6.52. The van der Waals surface area contributed by atoms with Crippen molar-refractivity contribution in [2.24, 2.45) is 0 Å². The van der Waals surface area contributed by atoms with Gasteiger partial charge >= 0.3 is 11.4 Å². The summed E-state index contributed by atoms with van der Waals surface area (Å²) >= 11 is 0. The number of benzene rings is 1. The van der Waals surface area contributed by atoms with Crippen molar-refractivity contribution in [1.29, 1.82) is 0 Å². The van der Waals surface area contributed by atoms with E-state index in [1.54, 1.807) is 6.08 Å². The molecule has 0 aliphatic heterocycles. The van der Waals surface area contributed by atoms with E-state index < -0.39 is 37.6 Å². The van der Waals surface area contributed by atoms with E-state index in [0.717, 1.165) is 11.3 Å². The number of non-ortho nitro benzene ring substituents is 1. The summed E-state index contributed by atoms with van der Waals surface area (Å²) in [6.45, 7) is 5.59. The topological polar surface area (TPSA) is 163 Å². The molecule has 0 radical (unpaired) electrons. The molecule has 0 spiro atoms. The van der Waals surface area contributed by atoms with Crippen LogP contribution in [0.2, 0.25) is 0 Å². The first-order chi connectivity index (χ1) is 11.7. The number of nitro groups is 3. The quantitative estimate of drug-likeness (QED) is 0.650. The predicted molar refractivity (Wildman–Crippen MR) is 87.1 cm³/mol. The van der Waals surface area contributed by atoms with Crippen LogP contribution in [0.4, 0.5) is 17.1 Å². The standard InChI is InChI=1S/C8H9N.C6H3N3O7/c1-3-8-5-4-7(2)9-6-8;10-6-4(8(13)14)1-3(7(11)12)2-5(6)9(15)16/h3-6H,1H2,2H3;1-2,10H. The predicted octanol–water partition coefficient (Wildman–Crippen LogP) is 3.15. The number of aromatic nitrogens is 1. The molecule has 0 unspecified atom stereocenters. The van der Waals surface area contributed by atoms with Gasteiger partial charge in [-0.2, -0.15) is 0 Å². The number of hydrogen-bond acceptors (Lipinski definition) is 8. The lowest BCUT2D eigenvalue weighted by Crippen LogP contribution is -1.97. The van der Waals surface area contributed by atoms with E-state index in [1.807, 2.05) is 25.3 Å². The molecule has 2 rings (SSSR count). The number of hydrogen-bond donors (Lipinski definition) is 1. The van der Waals surface area contributed by atoms with Gasteiger partial charge < -0.3 is 5.11 Å². The van der Waals surface area contributed by atoms with E-state index in [4.69, 9.17) is 5.11 Å². The van der Waals surface area contributed by atoms with Gasteiger partial charge in [0, 0.05) is 11.9 Å². The van der Waals surface area contributed by atoms with Crippen LogP contribution in [0.1, 0.15) is 11.3 Å². The Morgan fingerprint density at radius 2 is 1.56 bits per heavy atom. The zero-order valence-corrected chi connectivity index (χ0v) is 12.9. The SMILES string of the molecule is C=Cc1ccc(C)nc1.O=[N+]([O-])c1cc([N+](=O)[O-])c(O)c([N+](=O)[O-])c1. The van der Waals surface area contributed by atoms with Crippen molar-refractivity contribution < 1.29 is 19.9 Å². The fraction of sp³-hybridized carbons (Fsp3) is 0.0714. The minimum absolute atomic E-state index is 0.447. The van der Waals surface area contributed by atoms with Gasteiger partial charge in [-0.3, -0.25) is 35.3 Å². The van der Waals surface area contributed by atoms with Crippen molar-refractivity contribution in [3.63, 3.8) is 0 Å². The summed E-state index contributed by atoms with van der Waals surface area (Å²) in [5.41, 5.74) is -0.890. The van der Waals surface area contributed by atoms with Gasteiger partial charge in [-0.15, -0.1) is 0 Å². The molecule has 2 aromatic rings. The molecule has 0 saturated heterocycles. The Labute approximate surface area is 140 Å². The largest absolute Gasteiger partial charge is 0.497 e. The van der Waals surface area contributed by atoms with Crippen molar-refractivity contribution in [3.05, 3.63) is 78.6 Å². The van der Waals surface area contributed by atoms with Crippen molar-refractivity contribution >= 4 is 23.1 Å². The van der Waals surface area contributed by atoms with Crippen LogP contribution in [-0.4, -0.2) is 24.9 Å². The number of phenols is 1. The Bertz CT molecular complexity index is 799. The highest BCUT2D eigenvalue weighted by molar-refractivity contribution is 5.64. The van der Waals surface area contributed by atoms with Gasteiger partial charge in [0.1, 0.15) is 0 Å².